The predicted octanol–water partition coefficient (Wildman–Crippen LogP) is 2.20. The van der Waals surface area contributed by atoms with Crippen LogP contribution in [0.5, 0.6) is 0 Å². The van der Waals surface area contributed by atoms with E-state index < -0.39 is 11.7 Å². The zero-order valence-electron chi connectivity index (χ0n) is 19.7. The van der Waals surface area contributed by atoms with Crippen LogP contribution in [0.4, 0.5) is 10.2 Å². The van der Waals surface area contributed by atoms with Gasteiger partial charge in [0.15, 0.2) is 11.6 Å². The molecule has 10 heteroatoms. The minimum Gasteiger partial charge on any atom is -0.374 e. The fourth-order valence-electron chi connectivity index (χ4n) is 6.56. The molecule has 1 saturated carbocycles. The molecule has 1 aliphatic carbocycles. The van der Waals surface area contributed by atoms with Crippen molar-refractivity contribution in [3.05, 3.63) is 17.3 Å². The summed E-state index contributed by atoms with van der Waals surface area (Å²) >= 11 is 0. The lowest BCUT2D eigenvalue weighted by Gasteiger charge is -2.23. The van der Waals surface area contributed by atoms with Crippen molar-refractivity contribution in [3.63, 3.8) is 0 Å². The molecule has 1 aromatic rings. The lowest BCUT2D eigenvalue weighted by atomic mass is 9.82. The Morgan fingerprint density at radius 1 is 1.24 bits per heavy atom. The summed E-state index contributed by atoms with van der Waals surface area (Å²) in [5.74, 6) is 0.640. The SMILES string of the molecule is Cc1nc(CNC(=O)[C@H](CC2CCCC2)CN(O)C=O)c(F)c(N2C[C@@H]3C4CCC(O4)[C@@H]3C2)n1. The van der Waals surface area contributed by atoms with Gasteiger partial charge in [0.05, 0.1) is 31.2 Å². The molecule has 0 radical (unpaired) electrons. The number of halogens is 1. The highest BCUT2D eigenvalue weighted by Gasteiger charge is 2.53. The van der Waals surface area contributed by atoms with Crippen molar-refractivity contribution >= 4 is 18.1 Å². The van der Waals surface area contributed by atoms with E-state index in [0.29, 0.717) is 47.3 Å². The topological polar surface area (TPSA) is 108 Å². The molecule has 4 aliphatic rings. The Bertz CT molecular complexity index is 909. The van der Waals surface area contributed by atoms with Gasteiger partial charge in [-0.2, -0.15) is 0 Å². The van der Waals surface area contributed by atoms with E-state index in [1.54, 1.807) is 6.92 Å². The first-order valence-electron chi connectivity index (χ1n) is 12.5. The van der Waals surface area contributed by atoms with E-state index in [2.05, 4.69) is 15.3 Å². The molecule has 9 nitrogen and oxygen atoms in total. The zero-order chi connectivity index (χ0) is 23.8. The van der Waals surface area contributed by atoms with Crippen molar-refractivity contribution in [1.82, 2.24) is 20.3 Å². The lowest BCUT2D eigenvalue weighted by molar-refractivity contribution is -0.155. The van der Waals surface area contributed by atoms with Gasteiger partial charge in [0.1, 0.15) is 11.5 Å². The van der Waals surface area contributed by atoms with Crippen LogP contribution in [0, 0.1) is 36.4 Å². The van der Waals surface area contributed by atoms with E-state index in [1.807, 2.05) is 4.90 Å². The van der Waals surface area contributed by atoms with Crippen LogP contribution in [0.3, 0.4) is 0 Å². The average Bonchev–Trinajstić information content (AvgIpc) is 3.61. The molecule has 2 amide bonds. The molecule has 1 aromatic heterocycles. The third-order valence-corrected chi connectivity index (χ3v) is 8.19. The molecule has 34 heavy (non-hydrogen) atoms. The van der Waals surface area contributed by atoms with Gasteiger partial charge in [-0.05, 0) is 32.1 Å². The zero-order valence-corrected chi connectivity index (χ0v) is 19.7. The van der Waals surface area contributed by atoms with E-state index in [-0.39, 0.29) is 36.9 Å². The first-order valence-corrected chi connectivity index (χ1v) is 12.5. The second kappa shape index (κ2) is 9.73. The van der Waals surface area contributed by atoms with Gasteiger partial charge in [-0.15, -0.1) is 0 Å². The van der Waals surface area contributed by atoms with Crippen molar-refractivity contribution in [2.45, 2.75) is 70.6 Å². The molecular weight excluding hydrogens is 441 g/mol. The summed E-state index contributed by atoms with van der Waals surface area (Å²) in [6.07, 6.45) is 7.97. The number of hydrogen-bond acceptors (Lipinski definition) is 7. The van der Waals surface area contributed by atoms with Gasteiger partial charge in [0.2, 0.25) is 12.3 Å². The number of fused-ring (bicyclic) bond motifs is 5. The molecule has 0 spiro atoms. The number of anilines is 1. The summed E-state index contributed by atoms with van der Waals surface area (Å²) in [6.45, 7) is 3.04. The normalized spacial score (nSPS) is 28.9. The molecule has 2 N–H and O–H groups in total. The van der Waals surface area contributed by atoms with Crippen LogP contribution in [0.1, 0.15) is 56.5 Å². The maximum absolute atomic E-state index is 15.5. The van der Waals surface area contributed by atoms with Crippen LogP contribution in [0.2, 0.25) is 0 Å². The standard InChI is InChI=1S/C24H34FN5O4/c1-14-27-19(9-26-24(32)16(10-30(33)13-31)8-15-4-2-3-5-15)22(25)23(28-14)29-11-17-18(12-29)21-7-6-20(17)34-21/h13,15-18,20-21,33H,2-12H2,1H3,(H,26,32)/t16-,17-,18+,20?,21?/m1/s1. The van der Waals surface area contributed by atoms with E-state index in [0.717, 1.165) is 51.6 Å². The van der Waals surface area contributed by atoms with Gasteiger partial charge in [0, 0.05) is 24.9 Å². The van der Waals surface area contributed by atoms with Crippen molar-refractivity contribution in [3.8, 4) is 0 Å². The van der Waals surface area contributed by atoms with Crippen molar-refractivity contribution in [2.24, 2.45) is 23.7 Å². The molecule has 0 aromatic carbocycles. The van der Waals surface area contributed by atoms with Crippen LogP contribution in [0.15, 0.2) is 0 Å². The Balaban J connectivity index is 1.26. The first-order chi connectivity index (χ1) is 16.4. The van der Waals surface area contributed by atoms with Gasteiger partial charge in [-0.1, -0.05) is 25.7 Å². The van der Waals surface area contributed by atoms with Gasteiger partial charge in [0.25, 0.3) is 0 Å². The molecular formula is C24H34FN5O4. The molecule has 2 bridgehead atoms. The van der Waals surface area contributed by atoms with Gasteiger partial charge < -0.3 is 15.0 Å². The summed E-state index contributed by atoms with van der Waals surface area (Å²) in [7, 11) is 0. The number of ether oxygens (including phenoxy) is 1. The van der Waals surface area contributed by atoms with Crippen LogP contribution in [0.25, 0.3) is 0 Å². The maximum Gasteiger partial charge on any atom is 0.233 e. The van der Waals surface area contributed by atoms with Crippen molar-refractivity contribution in [1.29, 1.82) is 0 Å². The fraction of sp³-hybridized carbons (Fsp3) is 0.750. The summed E-state index contributed by atoms with van der Waals surface area (Å²) < 4.78 is 21.5. The van der Waals surface area contributed by atoms with Crippen LogP contribution < -0.4 is 10.2 Å². The number of rotatable bonds is 9. The maximum atomic E-state index is 15.5. The monoisotopic (exact) mass is 475 g/mol. The van der Waals surface area contributed by atoms with Crippen LogP contribution in [-0.2, 0) is 20.9 Å². The lowest BCUT2D eigenvalue weighted by Crippen LogP contribution is -2.38. The Hall–Kier alpha value is -2.33. The molecule has 3 saturated heterocycles. The predicted molar refractivity (Wildman–Crippen MR) is 120 cm³/mol. The van der Waals surface area contributed by atoms with E-state index in [4.69, 9.17) is 4.74 Å². The minimum atomic E-state index is -0.558. The Labute approximate surface area is 199 Å². The molecule has 5 atom stereocenters. The number of aromatic nitrogens is 2. The molecule has 4 fully saturated rings. The quantitative estimate of drug-likeness (QED) is 0.320. The van der Waals surface area contributed by atoms with Crippen molar-refractivity contribution < 1.29 is 23.9 Å². The number of carbonyl (C=O) groups is 2. The highest BCUT2D eigenvalue weighted by Crippen LogP contribution is 2.48. The molecule has 4 heterocycles. The Morgan fingerprint density at radius 2 is 1.91 bits per heavy atom. The van der Waals surface area contributed by atoms with E-state index in [9.17, 15) is 14.8 Å². The largest absolute Gasteiger partial charge is 0.374 e. The highest BCUT2D eigenvalue weighted by atomic mass is 19.1. The summed E-state index contributed by atoms with van der Waals surface area (Å²) in [5, 5.41) is 13.0. The second-order valence-electron chi connectivity index (χ2n) is 10.4. The van der Waals surface area contributed by atoms with Crippen LogP contribution >= 0.6 is 0 Å². The minimum absolute atomic E-state index is 0.0657. The van der Waals surface area contributed by atoms with Crippen molar-refractivity contribution in [2.75, 3.05) is 24.5 Å². The summed E-state index contributed by atoms with van der Waals surface area (Å²) in [4.78, 5) is 34.5. The van der Waals surface area contributed by atoms with E-state index >= 15 is 4.39 Å². The third-order valence-electron chi connectivity index (χ3n) is 8.19. The number of hydrogen-bond donors (Lipinski definition) is 2. The molecule has 3 aliphatic heterocycles. The number of amides is 2. The third kappa shape index (κ3) is 4.62. The molecule has 5 rings (SSSR count). The molecule has 186 valence electrons. The second-order valence-corrected chi connectivity index (χ2v) is 10.4. The Kier molecular flexibility index (Phi) is 6.70. The number of aryl methyl sites for hydroxylation is 1. The van der Waals surface area contributed by atoms with E-state index in [1.165, 1.54) is 0 Å². The highest BCUT2D eigenvalue weighted by molar-refractivity contribution is 5.79. The fourth-order valence-corrected chi connectivity index (χ4v) is 6.56. The van der Waals surface area contributed by atoms with Gasteiger partial charge in [-0.25, -0.2) is 19.4 Å². The first kappa shape index (κ1) is 23.4. The number of hydroxylamine groups is 2. The molecule has 2 unspecified atom stereocenters. The van der Waals surface area contributed by atoms with Gasteiger partial charge >= 0.3 is 0 Å². The number of carbonyl (C=O) groups excluding carboxylic acids is 2. The Morgan fingerprint density at radius 3 is 2.56 bits per heavy atom. The van der Waals surface area contributed by atoms with Gasteiger partial charge in [-0.3, -0.25) is 14.8 Å². The van der Waals surface area contributed by atoms with Crippen LogP contribution in [-0.4, -0.2) is 64.4 Å². The number of nitrogens with one attached hydrogen (secondary N) is 1. The summed E-state index contributed by atoms with van der Waals surface area (Å²) in [6, 6.07) is 0. The summed E-state index contributed by atoms with van der Waals surface area (Å²) in [5.41, 5.74) is 0.156. The average molecular weight is 476 g/mol. The number of nitrogens with zero attached hydrogens (tertiary/aromatic N) is 4. The smallest absolute Gasteiger partial charge is 0.233 e.